The van der Waals surface area contributed by atoms with Gasteiger partial charge < -0.3 is 4.74 Å². The number of rotatable bonds is 7. The zero-order valence-electron chi connectivity index (χ0n) is 13.0. The van der Waals surface area contributed by atoms with Crippen LogP contribution >= 0.6 is 11.3 Å². The molecule has 0 saturated carbocycles. The van der Waals surface area contributed by atoms with Gasteiger partial charge in [0.05, 0.1) is 12.0 Å². The molecule has 5 nitrogen and oxygen atoms in total. The van der Waals surface area contributed by atoms with E-state index in [2.05, 4.69) is 9.46 Å². The second kappa shape index (κ2) is 7.72. The summed E-state index contributed by atoms with van der Waals surface area (Å²) in [7, 11) is -2.27. The van der Waals surface area contributed by atoms with E-state index in [0.717, 1.165) is 11.1 Å². The van der Waals surface area contributed by atoms with Crippen molar-refractivity contribution in [3.8, 4) is 11.1 Å². The van der Waals surface area contributed by atoms with Crippen LogP contribution in [0.4, 0.5) is 0 Å². The fourth-order valence-electron chi connectivity index (χ4n) is 2.03. The molecule has 2 aromatic rings. The summed E-state index contributed by atoms with van der Waals surface area (Å²) in [4.78, 5) is 11.4. The fraction of sp³-hybridized carbons (Fsp3) is 0.312. The van der Waals surface area contributed by atoms with Gasteiger partial charge >= 0.3 is 5.97 Å². The van der Waals surface area contributed by atoms with Crippen LogP contribution in [0.2, 0.25) is 0 Å². The SMILES string of the molecule is COC(=O)CC(C)CNS(=O)(=O)c1ccc(-c2ccsc2)cc1. The van der Waals surface area contributed by atoms with Gasteiger partial charge in [-0.05, 0) is 46.0 Å². The van der Waals surface area contributed by atoms with Crippen molar-refractivity contribution in [2.24, 2.45) is 5.92 Å². The lowest BCUT2D eigenvalue weighted by molar-refractivity contribution is -0.141. The highest BCUT2D eigenvalue weighted by Crippen LogP contribution is 2.23. The summed E-state index contributed by atoms with van der Waals surface area (Å²) in [6.07, 6.45) is 0.177. The molecule has 1 unspecified atom stereocenters. The lowest BCUT2D eigenvalue weighted by Gasteiger charge is -2.12. The van der Waals surface area contributed by atoms with Crippen molar-refractivity contribution in [2.45, 2.75) is 18.2 Å². The third-order valence-corrected chi connectivity index (χ3v) is 5.51. The number of carbonyl (C=O) groups excluding carboxylic acids is 1. The van der Waals surface area contributed by atoms with E-state index in [1.807, 2.05) is 16.8 Å². The van der Waals surface area contributed by atoms with Crippen LogP contribution in [-0.2, 0) is 19.6 Å². The third-order valence-electron chi connectivity index (χ3n) is 3.38. The van der Waals surface area contributed by atoms with E-state index in [-0.39, 0.29) is 29.7 Å². The van der Waals surface area contributed by atoms with Crippen LogP contribution in [0.15, 0.2) is 46.0 Å². The Morgan fingerprint density at radius 2 is 1.91 bits per heavy atom. The summed E-state index contributed by atoms with van der Waals surface area (Å²) in [5.41, 5.74) is 2.04. The Labute approximate surface area is 140 Å². The van der Waals surface area contributed by atoms with Crippen molar-refractivity contribution in [2.75, 3.05) is 13.7 Å². The van der Waals surface area contributed by atoms with Gasteiger partial charge in [0.1, 0.15) is 0 Å². The van der Waals surface area contributed by atoms with E-state index in [1.54, 1.807) is 42.5 Å². The van der Waals surface area contributed by atoms with Gasteiger partial charge in [-0.3, -0.25) is 4.79 Å². The van der Waals surface area contributed by atoms with Crippen LogP contribution in [0.3, 0.4) is 0 Å². The molecule has 1 atom stereocenters. The van der Waals surface area contributed by atoms with E-state index >= 15 is 0 Å². The van der Waals surface area contributed by atoms with Crippen molar-refractivity contribution >= 4 is 27.3 Å². The summed E-state index contributed by atoms with van der Waals surface area (Å²) < 4.78 is 31.6. The maximum atomic E-state index is 12.3. The van der Waals surface area contributed by atoms with Crippen LogP contribution in [0, 0.1) is 5.92 Å². The summed E-state index contributed by atoms with van der Waals surface area (Å²) in [6, 6.07) is 8.73. The van der Waals surface area contributed by atoms with Gasteiger partial charge in [0.25, 0.3) is 0 Å². The molecule has 0 aliphatic rings. The minimum Gasteiger partial charge on any atom is -0.469 e. The van der Waals surface area contributed by atoms with Crippen LogP contribution in [-0.4, -0.2) is 28.0 Å². The van der Waals surface area contributed by atoms with Crippen molar-refractivity contribution in [1.29, 1.82) is 0 Å². The number of ether oxygens (including phenoxy) is 1. The molecule has 0 bridgehead atoms. The molecule has 0 aliphatic heterocycles. The predicted molar refractivity (Wildman–Crippen MR) is 90.7 cm³/mol. The summed E-state index contributed by atoms with van der Waals surface area (Å²) in [5.74, 6) is -0.487. The number of carbonyl (C=O) groups is 1. The normalized spacial score (nSPS) is 12.8. The van der Waals surface area contributed by atoms with Gasteiger partial charge in [0, 0.05) is 13.0 Å². The molecule has 2 rings (SSSR count). The fourth-order valence-corrected chi connectivity index (χ4v) is 3.86. The average molecular weight is 353 g/mol. The van der Waals surface area contributed by atoms with Crippen LogP contribution < -0.4 is 4.72 Å². The number of esters is 1. The van der Waals surface area contributed by atoms with Crippen molar-refractivity contribution in [3.63, 3.8) is 0 Å². The molecule has 1 aromatic carbocycles. The molecule has 0 radical (unpaired) electrons. The highest BCUT2D eigenvalue weighted by molar-refractivity contribution is 7.89. The summed E-state index contributed by atoms with van der Waals surface area (Å²) >= 11 is 1.59. The first-order chi connectivity index (χ1) is 10.9. The zero-order valence-corrected chi connectivity index (χ0v) is 14.6. The molecule has 0 saturated heterocycles. The molecule has 7 heteroatoms. The molecule has 1 aromatic heterocycles. The van der Waals surface area contributed by atoms with Gasteiger partial charge in [0.2, 0.25) is 10.0 Å². The molecular formula is C16H19NO4S2. The van der Waals surface area contributed by atoms with E-state index in [1.165, 1.54) is 7.11 Å². The van der Waals surface area contributed by atoms with Crippen LogP contribution in [0.5, 0.6) is 0 Å². The van der Waals surface area contributed by atoms with E-state index in [0.29, 0.717) is 0 Å². The number of thiophene rings is 1. The quantitative estimate of drug-likeness (QED) is 0.777. The van der Waals surface area contributed by atoms with Gasteiger partial charge in [-0.2, -0.15) is 11.3 Å². The van der Waals surface area contributed by atoms with Crippen molar-refractivity contribution in [3.05, 3.63) is 41.1 Å². The molecule has 0 amide bonds. The first-order valence-corrected chi connectivity index (χ1v) is 9.54. The Morgan fingerprint density at radius 3 is 2.48 bits per heavy atom. The number of benzene rings is 1. The maximum Gasteiger partial charge on any atom is 0.305 e. The molecule has 0 fully saturated rings. The van der Waals surface area contributed by atoms with E-state index < -0.39 is 10.0 Å². The third kappa shape index (κ3) is 4.89. The lowest BCUT2D eigenvalue weighted by Crippen LogP contribution is -2.29. The molecule has 124 valence electrons. The number of methoxy groups -OCH3 is 1. The Kier molecular flexibility index (Phi) is 5.92. The Balaban J connectivity index is 2.01. The Morgan fingerprint density at radius 1 is 1.22 bits per heavy atom. The highest BCUT2D eigenvalue weighted by Gasteiger charge is 2.17. The molecule has 0 spiro atoms. The Hall–Kier alpha value is -1.70. The topological polar surface area (TPSA) is 72.5 Å². The second-order valence-corrected chi connectivity index (χ2v) is 7.82. The van der Waals surface area contributed by atoms with Gasteiger partial charge in [-0.25, -0.2) is 13.1 Å². The first-order valence-electron chi connectivity index (χ1n) is 7.11. The standard InChI is InChI=1S/C16H19NO4S2/c1-12(9-16(18)21-2)10-17-23(19,20)15-5-3-13(4-6-15)14-7-8-22-11-14/h3-8,11-12,17H,9-10H2,1-2H3. The molecule has 23 heavy (non-hydrogen) atoms. The van der Waals surface area contributed by atoms with Gasteiger partial charge in [0.15, 0.2) is 0 Å². The molecular weight excluding hydrogens is 334 g/mol. The molecule has 1 N–H and O–H groups in total. The van der Waals surface area contributed by atoms with Crippen molar-refractivity contribution < 1.29 is 17.9 Å². The van der Waals surface area contributed by atoms with Crippen molar-refractivity contribution in [1.82, 2.24) is 4.72 Å². The number of sulfonamides is 1. The van der Waals surface area contributed by atoms with Crippen LogP contribution in [0.25, 0.3) is 11.1 Å². The van der Waals surface area contributed by atoms with Gasteiger partial charge in [-0.15, -0.1) is 0 Å². The number of nitrogens with one attached hydrogen (secondary N) is 1. The average Bonchev–Trinajstić information content (AvgIpc) is 3.07. The maximum absolute atomic E-state index is 12.3. The number of hydrogen-bond acceptors (Lipinski definition) is 5. The van der Waals surface area contributed by atoms with E-state index in [4.69, 9.17) is 0 Å². The monoisotopic (exact) mass is 353 g/mol. The van der Waals surface area contributed by atoms with Gasteiger partial charge in [-0.1, -0.05) is 19.1 Å². The van der Waals surface area contributed by atoms with Crippen LogP contribution in [0.1, 0.15) is 13.3 Å². The minimum absolute atomic E-state index is 0.137. The van der Waals surface area contributed by atoms with E-state index in [9.17, 15) is 13.2 Å². The lowest BCUT2D eigenvalue weighted by atomic mass is 10.1. The smallest absolute Gasteiger partial charge is 0.305 e. The highest BCUT2D eigenvalue weighted by atomic mass is 32.2. The first kappa shape index (κ1) is 17.7. The molecule has 1 heterocycles. The summed E-state index contributed by atoms with van der Waals surface area (Å²) in [6.45, 7) is 1.98. The zero-order chi connectivity index (χ0) is 16.9. The number of hydrogen-bond donors (Lipinski definition) is 1. The predicted octanol–water partition coefficient (Wildman–Crippen LogP) is 2.89. The summed E-state index contributed by atoms with van der Waals surface area (Å²) in [5, 5.41) is 3.99. The molecule has 0 aliphatic carbocycles. The second-order valence-electron chi connectivity index (χ2n) is 5.27. The Bertz CT molecular complexity index is 737. The largest absolute Gasteiger partial charge is 0.469 e. The minimum atomic E-state index is -3.58.